The summed E-state index contributed by atoms with van der Waals surface area (Å²) in [7, 11) is 0. The highest BCUT2D eigenvalue weighted by Crippen LogP contribution is 2.34. The molecule has 3 aromatic carbocycles. The molecule has 4 nitrogen and oxygen atoms in total. The number of nitrogens with one attached hydrogen (secondary N) is 1. The second-order valence-corrected chi connectivity index (χ2v) is 11.0. The van der Waals surface area contributed by atoms with Crippen molar-refractivity contribution in [1.29, 1.82) is 0 Å². The van der Waals surface area contributed by atoms with Crippen molar-refractivity contribution >= 4 is 28.6 Å². The number of rotatable bonds is 12. The summed E-state index contributed by atoms with van der Waals surface area (Å²) in [6, 6.07) is 28.5. The maximum absolute atomic E-state index is 14.2. The smallest absolute Gasteiger partial charge is 0.252 e. The van der Waals surface area contributed by atoms with E-state index in [1.54, 1.807) is 0 Å². The maximum atomic E-state index is 14.2. The standard InChI is InChI=1S/C33H39N3OS/c1-5-36(6-2)21-22-38-23-28-30(33(37)35-31(24(3)4)25-15-9-7-10-16-25)27-19-13-14-20-29(27)34-32(28)26-17-11-8-12-18-26/h7-20,24,31H,5-6,21-23H2,1-4H3,(H,35,37)/t31-/m0/s1. The van der Waals surface area contributed by atoms with Gasteiger partial charge in [0.1, 0.15) is 0 Å². The van der Waals surface area contributed by atoms with Crippen LogP contribution in [0.25, 0.3) is 22.2 Å². The van der Waals surface area contributed by atoms with Gasteiger partial charge in [-0.3, -0.25) is 4.79 Å². The molecule has 38 heavy (non-hydrogen) atoms. The fraction of sp³-hybridized carbons (Fsp3) is 0.333. The van der Waals surface area contributed by atoms with E-state index in [0.717, 1.165) is 70.0 Å². The van der Waals surface area contributed by atoms with Crippen LogP contribution in [0.4, 0.5) is 0 Å². The highest BCUT2D eigenvalue weighted by Gasteiger charge is 2.25. The Morgan fingerprint density at radius 2 is 1.53 bits per heavy atom. The zero-order valence-corrected chi connectivity index (χ0v) is 23.8. The Kier molecular flexibility index (Phi) is 9.97. The molecule has 0 aliphatic heterocycles. The molecule has 1 atom stereocenters. The van der Waals surface area contributed by atoms with Crippen LogP contribution in [0.2, 0.25) is 0 Å². The molecule has 1 heterocycles. The topological polar surface area (TPSA) is 45.2 Å². The Bertz CT molecular complexity index is 1320. The number of para-hydroxylation sites is 1. The molecule has 0 saturated carbocycles. The predicted octanol–water partition coefficient (Wildman–Crippen LogP) is 7.60. The van der Waals surface area contributed by atoms with Crippen molar-refractivity contribution in [1.82, 2.24) is 15.2 Å². The molecule has 0 saturated heterocycles. The van der Waals surface area contributed by atoms with E-state index in [1.807, 2.05) is 72.4 Å². The first kappa shape index (κ1) is 27.9. The number of fused-ring (bicyclic) bond motifs is 1. The predicted molar refractivity (Wildman–Crippen MR) is 163 cm³/mol. The summed E-state index contributed by atoms with van der Waals surface area (Å²) < 4.78 is 0. The molecule has 1 N–H and O–H groups in total. The molecule has 0 aliphatic rings. The Labute approximate surface area is 231 Å². The van der Waals surface area contributed by atoms with Crippen LogP contribution in [0.3, 0.4) is 0 Å². The Hall–Kier alpha value is -3.15. The van der Waals surface area contributed by atoms with Crippen molar-refractivity contribution in [2.75, 3.05) is 25.4 Å². The molecule has 0 fully saturated rings. The molecule has 198 valence electrons. The zero-order chi connectivity index (χ0) is 26.9. The van der Waals surface area contributed by atoms with Gasteiger partial charge in [-0.25, -0.2) is 4.98 Å². The number of nitrogens with zero attached hydrogens (tertiary/aromatic N) is 2. The third-order valence-electron chi connectivity index (χ3n) is 7.07. The van der Waals surface area contributed by atoms with Gasteiger partial charge in [0.05, 0.1) is 22.8 Å². The number of aromatic nitrogens is 1. The monoisotopic (exact) mass is 525 g/mol. The van der Waals surface area contributed by atoms with Crippen LogP contribution < -0.4 is 5.32 Å². The van der Waals surface area contributed by atoms with Crippen molar-refractivity contribution < 1.29 is 4.79 Å². The molecule has 0 bridgehead atoms. The van der Waals surface area contributed by atoms with Gasteiger partial charge in [-0.05, 0) is 30.6 Å². The molecule has 1 amide bonds. The highest BCUT2D eigenvalue weighted by atomic mass is 32.2. The quantitative estimate of drug-likeness (QED) is 0.193. The van der Waals surface area contributed by atoms with Crippen LogP contribution >= 0.6 is 11.8 Å². The molecule has 1 aromatic heterocycles. The largest absolute Gasteiger partial charge is 0.345 e. The summed E-state index contributed by atoms with van der Waals surface area (Å²) in [4.78, 5) is 21.8. The summed E-state index contributed by atoms with van der Waals surface area (Å²) in [5, 5.41) is 4.31. The average Bonchev–Trinajstić information content (AvgIpc) is 2.96. The van der Waals surface area contributed by atoms with Crippen LogP contribution in [-0.4, -0.2) is 41.2 Å². The first-order valence-electron chi connectivity index (χ1n) is 13.7. The van der Waals surface area contributed by atoms with Crippen LogP contribution in [0.15, 0.2) is 84.9 Å². The zero-order valence-electron chi connectivity index (χ0n) is 23.0. The number of thioether (sulfide) groups is 1. The van der Waals surface area contributed by atoms with E-state index in [0.29, 0.717) is 0 Å². The van der Waals surface area contributed by atoms with E-state index >= 15 is 0 Å². The molecule has 0 radical (unpaired) electrons. The summed E-state index contributed by atoms with van der Waals surface area (Å²) in [5.74, 6) is 1.93. The van der Waals surface area contributed by atoms with Crippen molar-refractivity contribution in [3.63, 3.8) is 0 Å². The summed E-state index contributed by atoms with van der Waals surface area (Å²) in [6.07, 6.45) is 0. The van der Waals surface area contributed by atoms with Gasteiger partial charge in [-0.1, -0.05) is 107 Å². The van der Waals surface area contributed by atoms with Crippen LogP contribution in [0, 0.1) is 5.92 Å². The summed E-state index contributed by atoms with van der Waals surface area (Å²) in [6.45, 7) is 11.8. The van der Waals surface area contributed by atoms with Gasteiger partial charge in [0.2, 0.25) is 0 Å². The van der Waals surface area contributed by atoms with Crippen molar-refractivity contribution in [3.8, 4) is 11.3 Å². The molecule has 4 rings (SSSR count). The third kappa shape index (κ3) is 6.64. The van der Waals surface area contributed by atoms with Gasteiger partial charge in [0.15, 0.2) is 0 Å². The Morgan fingerprint density at radius 1 is 0.895 bits per heavy atom. The third-order valence-corrected chi connectivity index (χ3v) is 8.04. The first-order chi connectivity index (χ1) is 18.5. The number of carbonyl (C=O) groups is 1. The number of benzene rings is 3. The molecule has 0 unspecified atom stereocenters. The molecular formula is C33H39N3OS. The lowest BCUT2D eigenvalue weighted by molar-refractivity contribution is 0.0926. The lowest BCUT2D eigenvalue weighted by atomic mass is 9.93. The van der Waals surface area contributed by atoms with Crippen molar-refractivity contribution in [2.45, 2.75) is 39.5 Å². The van der Waals surface area contributed by atoms with Crippen LogP contribution in [-0.2, 0) is 5.75 Å². The van der Waals surface area contributed by atoms with Gasteiger partial charge < -0.3 is 10.2 Å². The molecular weight excluding hydrogens is 486 g/mol. The number of amides is 1. The second-order valence-electron chi connectivity index (χ2n) is 9.88. The van der Waals surface area contributed by atoms with Gasteiger partial charge >= 0.3 is 0 Å². The Morgan fingerprint density at radius 3 is 2.18 bits per heavy atom. The molecule has 4 aromatic rings. The number of hydrogen-bond donors (Lipinski definition) is 1. The van der Waals surface area contributed by atoms with E-state index in [2.05, 4.69) is 62.2 Å². The molecule has 0 spiro atoms. The van der Waals surface area contributed by atoms with E-state index in [4.69, 9.17) is 4.98 Å². The molecule has 0 aliphatic carbocycles. The average molecular weight is 526 g/mol. The van der Waals surface area contributed by atoms with Crippen molar-refractivity contribution in [2.24, 2.45) is 5.92 Å². The van der Waals surface area contributed by atoms with Crippen LogP contribution in [0.1, 0.15) is 55.2 Å². The fourth-order valence-electron chi connectivity index (χ4n) is 4.90. The maximum Gasteiger partial charge on any atom is 0.252 e. The highest BCUT2D eigenvalue weighted by molar-refractivity contribution is 7.98. The SMILES string of the molecule is CCN(CC)CCSCc1c(-c2ccccc2)nc2ccccc2c1C(=O)N[C@H](c1ccccc1)C(C)C. The summed E-state index contributed by atoms with van der Waals surface area (Å²) in [5.41, 5.74) is 5.64. The van der Waals surface area contributed by atoms with Gasteiger partial charge in [-0.2, -0.15) is 11.8 Å². The lowest BCUT2D eigenvalue weighted by Crippen LogP contribution is -2.32. The number of pyridine rings is 1. The number of carbonyl (C=O) groups excluding carboxylic acids is 1. The second kappa shape index (κ2) is 13.6. The van der Waals surface area contributed by atoms with Crippen LogP contribution in [0.5, 0.6) is 0 Å². The van der Waals surface area contributed by atoms with E-state index in [9.17, 15) is 4.79 Å². The van der Waals surface area contributed by atoms with Gasteiger partial charge in [-0.15, -0.1) is 0 Å². The van der Waals surface area contributed by atoms with Gasteiger partial charge in [0.25, 0.3) is 5.91 Å². The van der Waals surface area contributed by atoms with Crippen molar-refractivity contribution in [3.05, 3.63) is 102 Å². The normalized spacial score (nSPS) is 12.3. The fourth-order valence-corrected chi connectivity index (χ4v) is 5.92. The van der Waals surface area contributed by atoms with E-state index in [1.165, 1.54) is 0 Å². The Balaban J connectivity index is 1.78. The minimum Gasteiger partial charge on any atom is -0.345 e. The molecule has 5 heteroatoms. The van der Waals surface area contributed by atoms with E-state index < -0.39 is 0 Å². The lowest BCUT2D eigenvalue weighted by Gasteiger charge is -2.25. The number of hydrogen-bond acceptors (Lipinski definition) is 4. The first-order valence-corrected chi connectivity index (χ1v) is 14.8. The minimum atomic E-state index is -0.0843. The van der Waals surface area contributed by atoms with E-state index in [-0.39, 0.29) is 17.9 Å². The van der Waals surface area contributed by atoms with Gasteiger partial charge in [0, 0.05) is 34.6 Å². The minimum absolute atomic E-state index is 0.0392. The summed E-state index contributed by atoms with van der Waals surface area (Å²) >= 11 is 1.87.